The van der Waals surface area contributed by atoms with Crippen molar-refractivity contribution in [1.82, 2.24) is 14.5 Å². The van der Waals surface area contributed by atoms with Crippen molar-refractivity contribution in [3.05, 3.63) is 83.4 Å². The molecule has 2 aliphatic rings. The number of fused-ring (bicyclic) bond motifs is 1. The van der Waals surface area contributed by atoms with Crippen LogP contribution in [0.3, 0.4) is 0 Å². The summed E-state index contributed by atoms with van der Waals surface area (Å²) < 4.78 is 26.9. The van der Waals surface area contributed by atoms with E-state index < -0.39 is 5.72 Å². The molecule has 1 saturated heterocycles. The third-order valence-corrected chi connectivity index (χ3v) is 5.74. The summed E-state index contributed by atoms with van der Waals surface area (Å²) in [5, 5.41) is 4.31. The molecule has 0 radical (unpaired) electrons. The van der Waals surface area contributed by atoms with Crippen LogP contribution in [0.25, 0.3) is 11.8 Å². The number of nitrogens with zero attached hydrogens (tertiary/aromatic N) is 4. The topological polar surface area (TPSA) is 61.1 Å². The maximum Gasteiger partial charge on any atom is 0.234 e. The Labute approximate surface area is 185 Å². The fraction of sp³-hybridized carbons (Fsp3) is 0.250. The van der Waals surface area contributed by atoms with Crippen LogP contribution in [0.15, 0.2) is 65.9 Å². The van der Waals surface area contributed by atoms with Crippen LogP contribution in [0.1, 0.15) is 23.7 Å². The van der Waals surface area contributed by atoms with Gasteiger partial charge in [0.05, 0.1) is 31.4 Å². The van der Waals surface area contributed by atoms with Gasteiger partial charge >= 0.3 is 0 Å². The van der Waals surface area contributed by atoms with Gasteiger partial charge in [-0.25, -0.2) is 9.37 Å². The van der Waals surface area contributed by atoms with E-state index in [2.05, 4.69) is 10.1 Å². The van der Waals surface area contributed by atoms with E-state index in [1.165, 1.54) is 12.1 Å². The van der Waals surface area contributed by atoms with E-state index in [1.807, 2.05) is 53.8 Å². The number of aromatic nitrogens is 2. The molecule has 3 heterocycles. The Bertz CT molecular complexity index is 1220. The lowest BCUT2D eigenvalue weighted by atomic mass is 10.0. The Kier molecular flexibility index (Phi) is 4.84. The van der Waals surface area contributed by atoms with E-state index in [1.54, 1.807) is 25.6 Å². The normalized spacial score (nSPS) is 21.1. The predicted octanol–water partition coefficient (Wildman–Crippen LogP) is 4.22. The highest BCUT2D eigenvalue weighted by atomic mass is 19.1. The fourth-order valence-electron chi connectivity index (χ4n) is 4.02. The second-order valence-electron chi connectivity index (χ2n) is 7.86. The number of ether oxygens (including phenoxy) is 2. The van der Waals surface area contributed by atoms with Gasteiger partial charge in [-0.05, 0) is 42.8 Å². The Morgan fingerprint density at radius 3 is 2.72 bits per heavy atom. The van der Waals surface area contributed by atoms with E-state index in [4.69, 9.17) is 14.3 Å². The fourth-order valence-corrected chi connectivity index (χ4v) is 4.02. The van der Waals surface area contributed by atoms with Gasteiger partial charge in [-0.3, -0.25) is 0 Å². The summed E-state index contributed by atoms with van der Waals surface area (Å²) in [6.45, 7) is 4.95. The van der Waals surface area contributed by atoms with E-state index in [0.717, 1.165) is 22.5 Å². The molecule has 1 aromatic heterocycles. The van der Waals surface area contributed by atoms with E-state index >= 15 is 0 Å². The lowest BCUT2D eigenvalue weighted by Gasteiger charge is -2.37. The number of hydrogen-bond donors (Lipinski definition) is 0. The van der Waals surface area contributed by atoms with Crippen LogP contribution in [0.2, 0.25) is 0 Å². The summed E-state index contributed by atoms with van der Waals surface area (Å²) in [4.78, 5) is 12.2. The molecule has 0 spiro atoms. The van der Waals surface area contributed by atoms with Crippen molar-refractivity contribution in [3.8, 4) is 11.4 Å². The van der Waals surface area contributed by atoms with Gasteiger partial charge in [0.15, 0.2) is 5.76 Å². The maximum absolute atomic E-state index is 13.4. The molecule has 0 saturated carbocycles. The molecule has 0 N–H and O–H groups in total. The monoisotopic (exact) mass is 434 g/mol. The number of rotatable bonds is 4. The Hall–Kier alpha value is -3.81. The first-order valence-corrected chi connectivity index (χ1v) is 10.3. The van der Waals surface area contributed by atoms with E-state index in [0.29, 0.717) is 30.5 Å². The van der Waals surface area contributed by atoms with E-state index in [-0.39, 0.29) is 5.82 Å². The molecule has 0 amide bonds. The quantitative estimate of drug-likeness (QED) is 0.615. The zero-order valence-corrected chi connectivity index (χ0v) is 18.1. The highest BCUT2D eigenvalue weighted by molar-refractivity contribution is 6.01. The third-order valence-electron chi connectivity index (χ3n) is 5.74. The van der Waals surface area contributed by atoms with Crippen LogP contribution in [0.4, 0.5) is 4.39 Å². The predicted molar refractivity (Wildman–Crippen MR) is 118 cm³/mol. The summed E-state index contributed by atoms with van der Waals surface area (Å²) in [6, 6.07) is 12.2. The molecule has 0 unspecified atom stereocenters. The van der Waals surface area contributed by atoms with E-state index in [9.17, 15) is 4.39 Å². The molecule has 3 aromatic rings. The molecule has 1 fully saturated rings. The largest absolute Gasteiger partial charge is 0.495 e. The number of morpholine rings is 1. The SMILES string of the molecule is COc1cc(/C=C2\OCCN3C2=NO[C@]3(C)c2ccc(F)cc2)ccc1-n1cnc(C)c1. The number of imidazole rings is 1. The summed E-state index contributed by atoms with van der Waals surface area (Å²) in [6.07, 6.45) is 5.61. The Balaban J connectivity index is 1.45. The van der Waals surface area contributed by atoms with Gasteiger partial charge in [0.1, 0.15) is 18.2 Å². The number of hydrogen-bond acceptors (Lipinski definition) is 6. The van der Waals surface area contributed by atoms with Crippen molar-refractivity contribution in [2.45, 2.75) is 19.6 Å². The number of benzene rings is 2. The van der Waals surface area contributed by atoms with Gasteiger partial charge in [0.2, 0.25) is 11.6 Å². The zero-order valence-electron chi connectivity index (χ0n) is 18.1. The molecule has 0 bridgehead atoms. The number of aryl methyl sites for hydroxylation is 1. The van der Waals surface area contributed by atoms with Crippen molar-refractivity contribution in [2.75, 3.05) is 20.3 Å². The summed E-state index contributed by atoms with van der Waals surface area (Å²) in [5.41, 5.74) is 2.72. The number of methoxy groups -OCH3 is 1. The van der Waals surface area contributed by atoms with Gasteiger partial charge in [-0.2, -0.15) is 0 Å². The molecule has 32 heavy (non-hydrogen) atoms. The average molecular weight is 434 g/mol. The molecule has 8 heteroatoms. The first-order chi connectivity index (χ1) is 15.5. The molecule has 2 aromatic carbocycles. The summed E-state index contributed by atoms with van der Waals surface area (Å²) in [5.74, 6) is 1.64. The van der Waals surface area contributed by atoms with Crippen LogP contribution in [-0.4, -0.2) is 40.5 Å². The summed E-state index contributed by atoms with van der Waals surface area (Å²) in [7, 11) is 1.64. The minimum atomic E-state index is -0.827. The molecule has 7 nitrogen and oxygen atoms in total. The van der Waals surface area contributed by atoms with Crippen LogP contribution >= 0.6 is 0 Å². The van der Waals surface area contributed by atoms with Crippen molar-refractivity contribution in [2.24, 2.45) is 5.16 Å². The highest BCUT2D eigenvalue weighted by Gasteiger charge is 2.46. The van der Waals surface area contributed by atoms with Crippen LogP contribution < -0.4 is 4.74 Å². The van der Waals surface area contributed by atoms with Crippen molar-refractivity contribution in [1.29, 1.82) is 0 Å². The molecular formula is C24H23FN4O3. The molecule has 0 aliphatic carbocycles. The Morgan fingerprint density at radius 2 is 2.00 bits per heavy atom. The molecule has 5 rings (SSSR count). The molecular weight excluding hydrogens is 411 g/mol. The highest BCUT2D eigenvalue weighted by Crippen LogP contribution is 2.38. The smallest absolute Gasteiger partial charge is 0.234 e. The second-order valence-corrected chi connectivity index (χ2v) is 7.86. The molecule has 164 valence electrons. The van der Waals surface area contributed by atoms with Crippen LogP contribution in [-0.2, 0) is 15.3 Å². The Morgan fingerprint density at radius 1 is 1.19 bits per heavy atom. The van der Waals surface area contributed by atoms with Crippen LogP contribution in [0, 0.1) is 12.7 Å². The summed E-state index contributed by atoms with van der Waals surface area (Å²) >= 11 is 0. The van der Waals surface area contributed by atoms with Crippen molar-refractivity contribution in [3.63, 3.8) is 0 Å². The van der Waals surface area contributed by atoms with Gasteiger partial charge < -0.3 is 23.8 Å². The number of amidine groups is 1. The minimum Gasteiger partial charge on any atom is -0.495 e. The third kappa shape index (κ3) is 3.37. The van der Waals surface area contributed by atoms with Crippen molar-refractivity contribution < 1.29 is 18.7 Å². The maximum atomic E-state index is 13.4. The number of oxime groups is 1. The zero-order chi connectivity index (χ0) is 22.3. The lowest BCUT2D eigenvalue weighted by molar-refractivity contribution is -0.0968. The molecule has 1 atom stereocenters. The number of halogens is 1. The van der Waals surface area contributed by atoms with Gasteiger partial charge in [0, 0.05) is 18.7 Å². The average Bonchev–Trinajstić information content (AvgIpc) is 3.39. The van der Waals surface area contributed by atoms with Gasteiger partial charge in [-0.1, -0.05) is 23.4 Å². The second kappa shape index (κ2) is 7.71. The first kappa shape index (κ1) is 20.1. The lowest BCUT2D eigenvalue weighted by Crippen LogP contribution is -2.48. The first-order valence-electron chi connectivity index (χ1n) is 10.3. The van der Waals surface area contributed by atoms with Crippen molar-refractivity contribution >= 4 is 11.9 Å². The minimum absolute atomic E-state index is 0.290. The van der Waals surface area contributed by atoms with Gasteiger partial charge in [0.25, 0.3) is 0 Å². The molecule has 2 aliphatic heterocycles. The van der Waals surface area contributed by atoms with Gasteiger partial charge in [-0.15, -0.1) is 0 Å². The standard InChI is InChI=1S/C24H23FN4O3/c1-16-14-28(15-26-16)20-9-4-17(12-21(20)30-3)13-22-23-27-32-24(2,29(23)10-11-31-22)18-5-7-19(25)8-6-18/h4-9,12-15H,10-11H2,1-3H3/b22-13-/t24-/m1/s1. The van der Waals surface area contributed by atoms with Crippen LogP contribution in [0.5, 0.6) is 5.75 Å².